The van der Waals surface area contributed by atoms with Gasteiger partial charge in [0.1, 0.15) is 24.4 Å². The lowest BCUT2D eigenvalue weighted by Gasteiger charge is -2.71. The average Bonchev–Trinajstić information content (AvgIpc) is 2.98. The minimum Gasteiger partial charge on any atom is -0.481 e. The van der Waals surface area contributed by atoms with E-state index in [0.717, 1.165) is 19.3 Å². The predicted molar refractivity (Wildman–Crippen MR) is 169 cm³/mol. The number of aliphatic carboxylic acids is 3. The number of aliphatic hydroxyl groups excluding tert-OH is 4. The van der Waals surface area contributed by atoms with Gasteiger partial charge in [-0.3, -0.25) is 9.59 Å². The quantitative estimate of drug-likeness (QED) is 0.165. The molecule has 5 aliphatic carbocycles. The summed E-state index contributed by atoms with van der Waals surface area (Å²) in [5.41, 5.74) is -2.53. The molecule has 4 saturated carbocycles. The summed E-state index contributed by atoms with van der Waals surface area (Å²) in [6.45, 7) is 12.6. The summed E-state index contributed by atoms with van der Waals surface area (Å²) in [4.78, 5) is 38.0. The van der Waals surface area contributed by atoms with E-state index in [0.29, 0.717) is 32.1 Å². The highest BCUT2D eigenvalue weighted by Crippen LogP contribution is 2.76. The van der Waals surface area contributed by atoms with Gasteiger partial charge in [0, 0.05) is 0 Å². The van der Waals surface area contributed by atoms with Crippen LogP contribution in [0.15, 0.2) is 11.6 Å². The van der Waals surface area contributed by atoms with Gasteiger partial charge in [-0.25, -0.2) is 4.79 Å². The highest BCUT2D eigenvalue weighted by molar-refractivity contribution is 5.77. The molecule has 270 valence electrons. The van der Waals surface area contributed by atoms with E-state index in [1.54, 1.807) is 0 Å². The number of fused-ring (bicyclic) bond motifs is 7. The van der Waals surface area contributed by atoms with E-state index in [1.807, 2.05) is 0 Å². The van der Waals surface area contributed by atoms with Crippen molar-refractivity contribution < 1.29 is 59.6 Å². The largest absolute Gasteiger partial charge is 0.481 e. The van der Waals surface area contributed by atoms with Crippen LogP contribution in [0.25, 0.3) is 0 Å². The Morgan fingerprint density at radius 1 is 0.792 bits per heavy atom. The summed E-state index contributed by atoms with van der Waals surface area (Å²) in [6.07, 6.45) is -4.39. The van der Waals surface area contributed by atoms with Gasteiger partial charge >= 0.3 is 17.9 Å². The van der Waals surface area contributed by atoms with Crippen LogP contribution in [-0.4, -0.2) is 96.6 Å². The molecular formula is C36H54O12. The highest BCUT2D eigenvalue weighted by Gasteiger charge is 2.72. The van der Waals surface area contributed by atoms with Crippen LogP contribution in [0.4, 0.5) is 0 Å². The molecule has 1 saturated heterocycles. The van der Waals surface area contributed by atoms with Crippen molar-refractivity contribution in [1.82, 2.24) is 0 Å². The maximum atomic E-state index is 13.3. The lowest BCUT2D eigenvalue weighted by molar-refractivity contribution is -0.335. The molecule has 0 spiro atoms. The molecule has 0 unspecified atom stereocenters. The Hall–Kier alpha value is -2.09. The summed E-state index contributed by atoms with van der Waals surface area (Å²) >= 11 is 0. The molecule has 1 heterocycles. The van der Waals surface area contributed by atoms with Crippen molar-refractivity contribution >= 4 is 17.9 Å². The zero-order valence-corrected chi connectivity index (χ0v) is 28.9. The Balaban J connectivity index is 1.36. The number of rotatable bonds is 5. The fourth-order valence-electron chi connectivity index (χ4n) is 12.2. The number of allylic oxidation sites excluding steroid dienone is 2. The molecule has 0 aromatic rings. The van der Waals surface area contributed by atoms with Gasteiger partial charge in [0.05, 0.1) is 16.9 Å². The van der Waals surface area contributed by atoms with Crippen molar-refractivity contribution in [1.29, 1.82) is 0 Å². The Morgan fingerprint density at radius 2 is 1.44 bits per heavy atom. The maximum Gasteiger partial charge on any atom is 0.335 e. The summed E-state index contributed by atoms with van der Waals surface area (Å²) in [5.74, 6) is -4.12. The Labute approximate surface area is 281 Å². The number of ether oxygens (including phenoxy) is 2. The first kappa shape index (κ1) is 35.7. The number of carboxylic acid groups (broad SMARTS) is 3. The molecule has 1 aliphatic heterocycles. The fraction of sp³-hybridized carbons (Fsp3) is 0.861. The SMILES string of the molecule is CC1(C)CC[C@]2(C(=O)O)CC[C@]3(C)C(=CC[C@@H]4[C@@]5(C)C[C@H](O)[C@H](O[C@@H]6O[C@H](C(=O)O)[C@@H](O)[C@H](O)[C@H]6O)[C@@](C)(C(=O)O)[C@@H]5CC[C@]43C)[C@@H]2C1. The van der Waals surface area contributed by atoms with Crippen LogP contribution in [0.2, 0.25) is 0 Å². The molecule has 0 aromatic heterocycles. The van der Waals surface area contributed by atoms with Crippen LogP contribution in [0.5, 0.6) is 0 Å². The van der Waals surface area contributed by atoms with E-state index in [1.165, 1.54) is 12.5 Å². The Morgan fingerprint density at radius 3 is 2.04 bits per heavy atom. The maximum absolute atomic E-state index is 13.3. The fourth-order valence-corrected chi connectivity index (χ4v) is 12.2. The van der Waals surface area contributed by atoms with Gasteiger partial charge < -0.3 is 45.2 Å². The van der Waals surface area contributed by atoms with Gasteiger partial charge in [-0.1, -0.05) is 46.3 Å². The summed E-state index contributed by atoms with van der Waals surface area (Å²) in [5, 5.41) is 74.1. The minimum absolute atomic E-state index is 0.0180. The average molecular weight is 679 g/mol. The number of carbonyl (C=O) groups is 3. The third-order valence-corrected chi connectivity index (χ3v) is 15.2. The molecule has 15 atom stereocenters. The third kappa shape index (κ3) is 4.65. The van der Waals surface area contributed by atoms with Crippen molar-refractivity contribution in [2.24, 2.45) is 50.2 Å². The van der Waals surface area contributed by atoms with Crippen molar-refractivity contribution in [3.63, 3.8) is 0 Å². The first-order valence-electron chi connectivity index (χ1n) is 17.5. The lowest BCUT2D eigenvalue weighted by Crippen LogP contribution is -2.70. The predicted octanol–water partition coefficient (Wildman–Crippen LogP) is 3.19. The van der Waals surface area contributed by atoms with Crippen LogP contribution in [0.3, 0.4) is 0 Å². The second kappa shape index (κ2) is 11.2. The Kier molecular flexibility index (Phi) is 8.34. The van der Waals surface area contributed by atoms with Crippen molar-refractivity contribution in [2.75, 3.05) is 0 Å². The van der Waals surface area contributed by atoms with Gasteiger partial charge in [-0.05, 0) is 104 Å². The van der Waals surface area contributed by atoms with E-state index in [-0.39, 0.29) is 34.5 Å². The van der Waals surface area contributed by atoms with Gasteiger partial charge in [0.2, 0.25) is 0 Å². The zero-order valence-electron chi connectivity index (χ0n) is 28.9. The lowest BCUT2D eigenvalue weighted by atomic mass is 9.33. The summed E-state index contributed by atoms with van der Waals surface area (Å²) < 4.78 is 11.4. The topological polar surface area (TPSA) is 211 Å². The van der Waals surface area contributed by atoms with E-state index < -0.39 is 83.0 Å². The number of aliphatic hydroxyl groups is 4. The van der Waals surface area contributed by atoms with Crippen molar-refractivity contribution in [3.05, 3.63) is 11.6 Å². The molecule has 0 amide bonds. The van der Waals surface area contributed by atoms with Crippen LogP contribution in [0.1, 0.15) is 99.3 Å². The van der Waals surface area contributed by atoms with Gasteiger partial charge in [0.15, 0.2) is 12.4 Å². The molecule has 7 N–H and O–H groups in total. The molecule has 12 heteroatoms. The summed E-state index contributed by atoms with van der Waals surface area (Å²) in [7, 11) is 0. The Bertz CT molecular complexity index is 1390. The van der Waals surface area contributed by atoms with Gasteiger partial charge in [0.25, 0.3) is 0 Å². The van der Waals surface area contributed by atoms with Gasteiger partial charge in [-0.15, -0.1) is 0 Å². The van der Waals surface area contributed by atoms with Crippen LogP contribution in [-0.2, 0) is 23.9 Å². The molecule has 12 nitrogen and oxygen atoms in total. The second-order valence-corrected chi connectivity index (χ2v) is 17.8. The van der Waals surface area contributed by atoms with Gasteiger partial charge in [-0.2, -0.15) is 0 Å². The molecule has 5 fully saturated rings. The van der Waals surface area contributed by atoms with Crippen molar-refractivity contribution in [3.8, 4) is 0 Å². The second-order valence-electron chi connectivity index (χ2n) is 17.8. The first-order valence-corrected chi connectivity index (χ1v) is 17.5. The first-order chi connectivity index (χ1) is 22.1. The zero-order chi connectivity index (χ0) is 35.6. The molecule has 6 rings (SSSR count). The minimum atomic E-state index is -1.94. The monoisotopic (exact) mass is 678 g/mol. The van der Waals surface area contributed by atoms with Crippen LogP contribution >= 0.6 is 0 Å². The van der Waals surface area contributed by atoms with E-state index in [2.05, 4.69) is 40.7 Å². The van der Waals surface area contributed by atoms with Crippen molar-refractivity contribution in [2.45, 2.75) is 142 Å². The normalized spacial score (nSPS) is 52.8. The molecule has 48 heavy (non-hydrogen) atoms. The van der Waals surface area contributed by atoms with E-state index in [4.69, 9.17) is 9.47 Å². The highest BCUT2D eigenvalue weighted by atomic mass is 16.7. The standard InChI is InChI=1S/C36H54O12/c1-31(2)11-13-36(30(45)46)14-12-33(4)17(18(36)15-31)7-8-20-32(3)16-19(37)26(35(6,29(43)44)21(32)9-10-34(20,33)5)48-28-24(40)22(38)23(39)25(47-28)27(41)42/h7,18-26,28,37-40H,8-16H2,1-6H3,(H,41,42)(H,43,44)(H,45,46)/t18-,19-,20+,21+,22-,23-,24+,25-,26-,28-,32+,33+,34+,35-,36-/m0/s1. The number of hydrogen-bond acceptors (Lipinski definition) is 9. The van der Waals surface area contributed by atoms with Crippen LogP contribution in [0, 0.1) is 50.2 Å². The molecule has 6 aliphatic rings. The number of carboxylic acids is 3. The van der Waals surface area contributed by atoms with E-state index in [9.17, 15) is 50.1 Å². The smallest absolute Gasteiger partial charge is 0.335 e. The molecular weight excluding hydrogens is 624 g/mol. The molecule has 0 radical (unpaired) electrons. The molecule has 0 bridgehead atoms. The van der Waals surface area contributed by atoms with E-state index >= 15 is 0 Å². The number of hydrogen-bond donors (Lipinski definition) is 7. The third-order valence-electron chi connectivity index (χ3n) is 15.2. The van der Waals surface area contributed by atoms with Crippen LogP contribution < -0.4 is 0 Å². The molecule has 0 aromatic carbocycles. The summed E-state index contributed by atoms with van der Waals surface area (Å²) in [6, 6.07) is 0.